The number of phenols is 1. The van der Waals surface area contributed by atoms with Gasteiger partial charge in [0.2, 0.25) is 0 Å². The fourth-order valence-corrected chi connectivity index (χ4v) is 3.37. The Balaban J connectivity index is 1.55. The van der Waals surface area contributed by atoms with Crippen molar-refractivity contribution in [3.8, 4) is 17.6 Å². The van der Waals surface area contributed by atoms with Crippen LogP contribution < -0.4 is 5.32 Å². The first-order chi connectivity index (χ1) is 14.9. The summed E-state index contributed by atoms with van der Waals surface area (Å²) in [4.78, 5) is 0. The molecule has 3 rings (SSSR count). The van der Waals surface area contributed by atoms with Crippen LogP contribution in [0.3, 0.4) is 0 Å². The van der Waals surface area contributed by atoms with Crippen LogP contribution >= 0.6 is 11.6 Å². The second kappa shape index (κ2) is 10.3. The molecule has 1 unspecified atom stereocenters. The largest absolute Gasteiger partial charge is 0.508 e. The van der Waals surface area contributed by atoms with Crippen molar-refractivity contribution in [1.29, 1.82) is 0 Å². The van der Waals surface area contributed by atoms with Crippen molar-refractivity contribution in [2.24, 2.45) is 0 Å². The van der Waals surface area contributed by atoms with Crippen molar-refractivity contribution in [2.45, 2.75) is 38.7 Å². The van der Waals surface area contributed by atoms with E-state index in [0.29, 0.717) is 42.3 Å². The molecule has 1 heterocycles. The standard InChI is InChI=1S/C25H26ClN3O2/c1-3-25(31,17-20-16-21(26)8-4-18(20)2)14-15-27-24-13-10-22(28-29-24)9-5-19-6-11-23(30)12-7-19/h4,6-8,10-13,16,30-31H,3,14-15,17H2,1-2H3,(H,27,29). The molecule has 0 amide bonds. The van der Waals surface area contributed by atoms with E-state index in [2.05, 4.69) is 27.4 Å². The molecule has 1 aromatic heterocycles. The number of phenolic OH excluding ortho intramolecular Hbond substituents is 1. The Morgan fingerprint density at radius 1 is 1.03 bits per heavy atom. The van der Waals surface area contributed by atoms with Crippen LogP contribution in [0.15, 0.2) is 54.6 Å². The molecule has 31 heavy (non-hydrogen) atoms. The van der Waals surface area contributed by atoms with Crippen LogP contribution in [0.5, 0.6) is 5.75 Å². The van der Waals surface area contributed by atoms with Crippen molar-refractivity contribution in [3.63, 3.8) is 0 Å². The Labute approximate surface area is 188 Å². The minimum absolute atomic E-state index is 0.207. The average Bonchev–Trinajstić information content (AvgIpc) is 2.77. The van der Waals surface area contributed by atoms with Crippen molar-refractivity contribution < 1.29 is 10.2 Å². The van der Waals surface area contributed by atoms with Crippen LogP contribution in [-0.4, -0.2) is 32.6 Å². The minimum Gasteiger partial charge on any atom is -0.508 e. The van der Waals surface area contributed by atoms with Crippen LogP contribution in [0.4, 0.5) is 5.82 Å². The summed E-state index contributed by atoms with van der Waals surface area (Å²) < 4.78 is 0. The molecule has 6 heteroatoms. The fourth-order valence-electron chi connectivity index (χ4n) is 3.17. The highest BCUT2D eigenvalue weighted by atomic mass is 35.5. The van der Waals surface area contributed by atoms with Gasteiger partial charge in [-0.2, -0.15) is 0 Å². The SMILES string of the molecule is CCC(O)(CCNc1ccc(C#Cc2ccc(O)cc2)nn1)Cc1cc(Cl)ccc1C. The van der Waals surface area contributed by atoms with Gasteiger partial charge in [-0.05, 0) is 85.3 Å². The van der Waals surface area contributed by atoms with Crippen LogP contribution in [-0.2, 0) is 6.42 Å². The van der Waals surface area contributed by atoms with Crippen LogP contribution in [0.1, 0.15) is 42.1 Å². The van der Waals surface area contributed by atoms with E-state index in [1.54, 1.807) is 30.3 Å². The first-order valence-electron chi connectivity index (χ1n) is 10.2. The van der Waals surface area contributed by atoms with Crippen LogP contribution in [0.25, 0.3) is 0 Å². The van der Waals surface area contributed by atoms with Gasteiger partial charge in [0.1, 0.15) is 17.3 Å². The van der Waals surface area contributed by atoms with E-state index in [1.165, 1.54) is 0 Å². The number of aromatic hydroxyl groups is 1. The number of nitrogens with one attached hydrogen (secondary N) is 1. The maximum atomic E-state index is 11.1. The number of hydrogen-bond donors (Lipinski definition) is 3. The fraction of sp³-hybridized carbons (Fsp3) is 0.280. The van der Waals surface area contributed by atoms with Gasteiger partial charge in [-0.15, -0.1) is 10.2 Å². The van der Waals surface area contributed by atoms with E-state index in [0.717, 1.165) is 16.7 Å². The lowest BCUT2D eigenvalue weighted by atomic mass is 9.87. The average molecular weight is 436 g/mol. The quantitative estimate of drug-likeness (QED) is 0.467. The van der Waals surface area contributed by atoms with Gasteiger partial charge in [0.15, 0.2) is 0 Å². The third-order valence-corrected chi connectivity index (χ3v) is 5.49. The topological polar surface area (TPSA) is 78.3 Å². The summed E-state index contributed by atoms with van der Waals surface area (Å²) in [5.41, 5.74) is 2.70. The molecule has 0 radical (unpaired) electrons. The molecule has 0 fully saturated rings. The Morgan fingerprint density at radius 2 is 1.81 bits per heavy atom. The summed E-state index contributed by atoms with van der Waals surface area (Å²) in [6, 6.07) is 16.1. The summed E-state index contributed by atoms with van der Waals surface area (Å²) in [7, 11) is 0. The van der Waals surface area contributed by atoms with E-state index >= 15 is 0 Å². The van der Waals surface area contributed by atoms with Crippen molar-refractivity contribution >= 4 is 17.4 Å². The normalized spacial score (nSPS) is 12.5. The molecule has 0 saturated carbocycles. The summed E-state index contributed by atoms with van der Waals surface area (Å²) >= 11 is 6.12. The Bertz CT molecular complexity index is 1070. The lowest BCUT2D eigenvalue weighted by molar-refractivity contribution is 0.0311. The van der Waals surface area contributed by atoms with Gasteiger partial charge in [0, 0.05) is 23.6 Å². The van der Waals surface area contributed by atoms with Crippen LogP contribution in [0, 0.1) is 18.8 Å². The molecule has 0 aliphatic carbocycles. The summed E-state index contributed by atoms with van der Waals surface area (Å²) in [6.07, 6.45) is 1.76. The third kappa shape index (κ3) is 6.71. The predicted octanol–water partition coefficient (Wildman–Crippen LogP) is 4.73. The number of rotatable bonds is 7. The monoisotopic (exact) mass is 435 g/mol. The number of hydrogen-bond acceptors (Lipinski definition) is 5. The van der Waals surface area contributed by atoms with E-state index in [-0.39, 0.29) is 5.75 Å². The second-order valence-corrected chi connectivity index (χ2v) is 8.04. The molecule has 0 spiro atoms. The van der Waals surface area contributed by atoms with Gasteiger partial charge in [-0.3, -0.25) is 0 Å². The van der Waals surface area contributed by atoms with Gasteiger partial charge < -0.3 is 15.5 Å². The number of aliphatic hydroxyl groups is 1. The molecule has 3 aromatic rings. The minimum atomic E-state index is -0.828. The van der Waals surface area contributed by atoms with Gasteiger partial charge in [0.25, 0.3) is 0 Å². The molecule has 0 bridgehead atoms. The Morgan fingerprint density at radius 3 is 2.48 bits per heavy atom. The van der Waals surface area contributed by atoms with E-state index in [4.69, 9.17) is 11.6 Å². The Kier molecular flexibility index (Phi) is 7.51. The third-order valence-electron chi connectivity index (χ3n) is 5.25. The van der Waals surface area contributed by atoms with E-state index < -0.39 is 5.60 Å². The van der Waals surface area contributed by atoms with Gasteiger partial charge in [-0.1, -0.05) is 30.5 Å². The summed E-state index contributed by atoms with van der Waals surface area (Å²) in [5.74, 6) is 6.77. The van der Waals surface area contributed by atoms with Gasteiger partial charge >= 0.3 is 0 Å². The predicted molar refractivity (Wildman–Crippen MR) is 124 cm³/mol. The zero-order valence-electron chi connectivity index (χ0n) is 17.7. The molecule has 0 aliphatic rings. The number of aryl methyl sites for hydroxylation is 1. The second-order valence-electron chi connectivity index (χ2n) is 7.60. The maximum absolute atomic E-state index is 11.1. The number of aromatic nitrogens is 2. The highest BCUT2D eigenvalue weighted by Gasteiger charge is 2.25. The molecule has 160 valence electrons. The van der Waals surface area contributed by atoms with Crippen LogP contribution in [0.2, 0.25) is 5.02 Å². The maximum Gasteiger partial charge on any atom is 0.148 e. The molecule has 5 nitrogen and oxygen atoms in total. The van der Waals surface area contributed by atoms with Crippen molar-refractivity contribution in [2.75, 3.05) is 11.9 Å². The molecular formula is C25H26ClN3O2. The van der Waals surface area contributed by atoms with Gasteiger partial charge in [0.05, 0.1) is 5.60 Å². The van der Waals surface area contributed by atoms with Crippen molar-refractivity contribution in [3.05, 3.63) is 82.0 Å². The number of benzene rings is 2. The number of halogens is 1. The summed E-state index contributed by atoms with van der Waals surface area (Å²) in [5, 5.41) is 32.5. The lowest BCUT2D eigenvalue weighted by Gasteiger charge is -2.28. The highest BCUT2D eigenvalue weighted by molar-refractivity contribution is 6.30. The number of nitrogens with zero attached hydrogens (tertiary/aromatic N) is 2. The zero-order chi connectivity index (χ0) is 22.3. The molecule has 0 aliphatic heterocycles. The molecular weight excluding hydrogens is 410 g/mol. The van der Waals surface area contributed by atoms with Gasteiger partial charge in [-0.25, -0.2) is 0 Å². The molecule has 1 atom stereocenters. The molecule has 3 N–H and O–H groups in total. The molecule has 0 saturated heterocycles. The van der Waals surface area contributed by atoms with Crippen molar-refractivity contribution in [1.82, 2.24) is 10.2 Å². The first kappa shape index (κ1) is 22.6. The first-order valence-corrected chi connectivity index (χ1v) is 10.6. The lowest BCUT2D eigenvalue weighted by Crippen LogP contribution is -2.33. The van der Waals surface area contributed by atoms with E-state index in [1.807, 2.05) is 38.1 Å². The summed E-state index contributed by atoms with van der Waals surface area (Å²) in [6.45, 7) is 4.58. The Hall–Kier alpha value is -3.07. The molecule has 2 aromatic carbocycles. The number of anilines is 1. The van der Waals surface area contributed by atoms with E-state index in [9.17, 15) is 10.2 Å². The zero-order valence-corrected chi connectivity index (χ0v) is 18.4. The smallest absolute Gasteiger partial charge is 0.148 e. The highest BCUT2D eigenvalue weighted by Crippen LogP contribution is 2.25.